The average Bonchev–Trinajstić information content (AvgIpc) is 3.49. The quantitative estimate of drug-likeness (QED) is 0.738. The zero-order valence-corrected chi connectivity index (χ0v) is 18.5. The Hall–Kier alpha value is -2.13. The summed E-state index contributed by atoms with van der Waals surface area (Å²) in [6.45, 7) is 1.50. The molecule has 4 rings (SSSR count). The van der Waals surface area contributed by atoms with Gasteiger partial charge in [-0.3, -0.25) is 9.59 Å². The molecule has 0 bridgehead atoms. The molecule has 2 saturated heterocycles. The minimum absolute atomic E-state index is 0.0342. The molecule has 1 aromatic carbocycles. The van der Waals surface area contributed by atoms with Gasteiger partial charge in [-0.25, -0.2) is 8.42 Å². The van der Waals surface area contributed by atoms with Gasteiger partial charge >= 0.3 is 0 Å². The molecule has 2 heterocycles. The Morgan fingerprint density at radius 1 is 1.13 bits per heavy atom. The summed E-state index contributed by atoms with van der Waals surface area (Å²) in [6, 6.07) is 5.17. The van der Waals surface area contributed by atoms with E-state index in [0.717, 1.165) is 37.8 Å². The average molecular weight is 435 g/mol. The van der Waals surface area contributed by atoms with Gasteiger partial charge in [-0.05, 0) is 43.9 Å². The van der Waals surface area contributed by atoms with E-state index in [1.165, 1.54) is 4.31 Å². The fourth-order valence-corrected chi connectivity index (χ4v) is 5.85. The molecule has 30 heavy (non-hydrogen) atoms. The van der Waals surface area contributed by atoms with Gasteiger partial charge in [0, 0.05) is 46.2 Å². The molecule has 1 saturated carbocycles. The van der Waals surface area contributed by atoms with Gasteiger partial charge in [0.05, 0.1) is 22.2 Å². The number of amides is 2. The summed E-state index contributed by atoms with van der Waals surface area (Å²) in [6.07, 6.45) is 5.02. The highest BCUT2D eigenvalue weighted by molar-refractivity contribution is 7.89. The van der Waals surface area contributed by atoms with Gasteiger partial charge in [0.2, 0.25) is 21.8 Å². The van der Waals surface area contributed by atoms with Crippen molar-refractivity contribution in [3.05, 3.63) is 18.2 Å². The minimum atomic E-state index is -3.60. The maximum Gasteiger partial charge on any atom is 0.243 e. The first-order valence-electron chi connectivity index (χ1n) is 10.7. The lowest BCUT2D eigenvalue weighted by Crippen LogP contribution is -2.35. The van der Waals surface area contributed by atoms with Gasteiger partial charge in [0.15, 0.2) is 0 Å². The van der Waals surface area contributed by atoms with E-state index in [0.29, 0.717) is 31.4 Å². The van der Waals surface area contributed by atoms with E-state index in [1.54, 1.807) is 18.2 Å². The van der Waals surface area contributed by atoms with E-state index in [2.05, 4.69) is 5.32 Å². The van der Waals surface area contributed by atoms with Crippen LogP contribution in [0.15, 0.2) is 23.1 Å². The van der Waals surface area contributed by atoms with Crippen LogP contribution in [0.2, 0.25) is 0 Å². The van der Waals surface area contributed by atoms with E-state index >= 15 is 0 Å². The fraction of sp³-hybridized carbons (Fsp3) is 0.619. The van der Waals surface area contributed by atoms with Gasteiger partial charge in [-0.15, -0.1) is 0 Å². The number of sulfonamides is 1. The topological polar surface area (TPSA) is 90.0 Å². The third-order valence-electron chi connectivity index (χ3n) is 6.18. The number of hydrogen-bond donors (Lipinski definition) is 1. The first-order valence-corrected chi connectivity index (χ1v) is 12.1. The van der Waals surface area contributed by atoms with Crippen LogP contribution >= 0.6 is 0 Å². The number of likely N-dealkylation sites (tertiary alicyclic amines) is 1. The molecule has 1 unspecified atom stereocenters. The van der Waals surface area contributed by atoms with Gasteiger partial charge < -0.3 is 15.1 Å². The third kappa shape index (κ3) is 4.18. The molecule has 3 aliphatic rings. The Kier molecular flexibility index (Phi) is 5.76. The summed E-state index contributed by atoms with van der Waals surface area (Å²) in [4.78, 5) is 29.0. The van der Waals surface area contributed by atoms with Crippen molar-refractivity contribution in [3.8, 4) is 0 Å². The molecule has 9 heteroatoms. The second kappa shape index (κ2) is 8.19. The molecule has 8 nitrogen and oxygen atoms in total. The highest BCUT2D eigenvalue weighted by Crippen LogP contribution is 2.34. The van der Waals surface area contributed by atoms with Crippen molar-refractivity contribution in [2.24, 2.45) is 5.92 Å². The van der Waals surface area contributed by atoms with Gasteiger partial charge in [-0.1, -0.05) is 6.42 Å². The Labute approximate surface area is 178 Å². The fourth-order valence-electron chi connectivity index (χ4n) is 4.30. The van der Waals surface area contributed by atoms with Crippen LogP contribution in [-0.2, 0) is 19.6 Å². The van der Waals surface area contributed by atoms with Gasteiger partial charge in [0.25, 0.3) is 0 Å². The highest BCUT2D eigenvalue weighted by atomic mass is 32.2. The van der Waals surface area contributed by atoms with E-state index in [1.807, 2.05) is 23.9 Å². The molecular formula is C21H30N4O4S. The summed E-state index contributed by atoms with van der Waals surface area (Å²) in [7, 11) is 0.0888. The molecule has 164 valence electrons. The normalized spacial score (nSPS) is 22.9. The Morgan fingerprint density at radius 2 is 1.83 bits per heavy atom. The molecule has 0 spiro atoms. The molecule has 3 fully saturated rings. The van der Waals surface area contributed by atoms with E-state index in [9.17, 15) is 18.0 Å². The maximum absolute atomic E-state index is 13.1. The number of piperidine rings is 1. The number of nitrogens with one attached hydrogen (secondary N) is 1. The standard InChI is InChI=1S/C21H30N4O4S/c1-23(2)19-9-8-17(30(28,29)24-10-4-3-5-11-24)13-18(19)22-21(27)15-12-20(26)25(14-15)16-6-7-16/h8-9,13,15-16H,3-7,10-12,14H2,1-2H3,(H,22,27). The molecule has 0 aromatic heterocycles. The molecule has 1 atom stereocenters. The van der Waals surface area contributed by atoms with Crippen molar-refractivity contribution in [3.63, 3.8) is 0 Å². The molecular weight excluding hydrogens is 404 g/mol. The van der Waals surface area contributed by atoms with Crippen molar-refractivity contribution >= 4 is 33.2 Å². The Bertz CT molecular complexity index is 936. The SMILES string of the molecule is CN(C)c1ccc(S(=O)(=O)N2CCCCC2)cc1NC(=O)C1CC(=O)N(C2CC2)C1. The first-order chi connectivity index (χ1) is 14.3. The first kappa shape index (κ1) is 21.1. The molecule has 1 aliphatic carbocycles. The van der Waals surface area contributed by atoms with Crippen LogP contribution in [0.1, 0.15) is 38.5 Å². The van der Waals surface area contributed by atoms with Crippen LogP contribution in [0.4, 0.5) is 11.4 Å². The minimum Gasteiger partial charge on any atom is -0.376 e. The summed E-state index contributed by atoms with van der Waals surface area (Å²) < 4.78 is 27.7. The lowest BCUT2D eigenvalue weighted by Gasteiger charge is -2.27. The zero-order valence-electron chi connectivity index (χ0n) is 17.6. The molecule has 2 amide bonds. The van der Waals surface area contributed by atoms with Crippen molar-refractivity contribution in [2.45, 2.75) is 49.5 Å². The molecule has 2 aliphatic heterocycles. The monoisotopic (exact) mass is 434 g/mol. The zero-order chi connectivity index (χ0) is 21.5. The highest BCUT2D eigenvalue weighted by Gasteiger charge is 2.42. The third-order valence-corrected chi connectivity index (χ3v) is 8.07. The lowest BCUT2D eigenvalue weighted by molar-refractivity contribution is -0.128. The molecule has 0 radical (unpaired) electrons. The smallest absolute Gasteiger partial charge is 0.243 e. The Morgan fingerprint density at radius 3 is 2.47 bits per heavy atom. The maximum atomic E-state index is 13.1. The van der Waals surface area contributed by atoms with Crippen molar-refractivity contribution in [1.29, 1.82) is 0 Å². The number of carbonyl (C=O) groups is 2. The summed E-state index contributed by atoms with van der Waals surface area (Å²) in [5.74, 6) is -0.607. The Balaban J connectivity index is 1.56. The van der Waals surface area contributed by atoms with Crippen molar-refractivity contribution < 1.29 is 18.0 Å². The largest absolute Gasteiger partial charge is 0.376 e. The summed E-state index contributed by atoms with van der Waals surface area (Å²) in [5.41, 5.74) is 1.18. The number of rotatable bonds is 6. The predicted octanol–water partition coefficient (Wildman–Crippen LogP) is 1.88. The molecule has 1 aromatic rings. The lowest BCUT2D eigenvalue weighted by atomic mass is 10.1. The second-order valence-corrected chi connectivity index (χ2v) is 10.6. The van der Waals surface area contributed by atoms with Crippen LogP contribution in [-0.4, -0.2) is 69.2 Å². The van der Waals surface area contributed by atoms with Crippen molar-refractivity contribution in [2.75, 3.05) is 43.9 Å². The van der Waals surface area contributed by atoms with E-state index in [-0.39, 0.29) is 23.1 Å². The number of anilines is 2. The van der Waals surface area contributed by atoms with Crippen LogP contribution in [0.5, 0.6) is 0 Å². The summed E-state index contributed by atoms with van der Waals surface area (Å²) >= 11 is 0. The predicted molar refractivity (Wildman–Crippen MR) is 115 cm³/mol. The summed E-state index contributed by atoms with van der Waals surface area (Å²) in [5, 5.41) is 2.91. The van der Waals surface area contributed by atoms with Crippen LogP contribution in [0.25, 0.3) is 0 Å². The number of benzene rings is 1. The van der Waals surface area contributed by atoms with E-state index in [4.69, 9.17) is 0 Å². The van der Waals surface area contributed by atoms with Crippen molar-refractivity contribution in [1.82, 2.24) is 9.21 Å². The molecule has 1 N–H and O–H groups in total. The number of carbonyl (C=O) groups excluding carboxylic acids is 2. The van der Waals surface area contributed by atoms with E-state index < -0.39 is 15.9 Å². The van der Waals surface area contributed by atoms with Gasteiger partial charge in [-0.2, -0.15) is 4.31 Å². The number of nitrogens with zero attached hydrogens (tertiary/aromatic N) is 3. The van der Waals surface area contributed by atoms with Crippen LogP contribution in [0, 0.1) is 5.92 Å². The number of hydrogen-bond acceptors (Lipinski definition) is 5. The van der Waals surface area contributed by atoms with Crippen LogP contribution in [0.3, 0.4) is 0 Å². The van der Waals surface area contributed by atoms with Gasteiger partial charge in [0.1, 0.15) is 0 Å². The second-order valence-electron chi connectivity index (χ2n) is 8.71. The van der Waals surface area contributed by atoms with Crippen LogP contribution < -0.4 is 10.2 Å².